The van der Waals surface area contributed by atoms with Crippen LogP contribution in [0.2, 0.25) is 0 Å². The zero-order valence-corrected chi connectivity index (χ0v) is 9.50. The predicted octanol–water partition coefficient (Wildman–Crippen LogP) is 0.523. The van der Waals surface area contributed by atoms with Crippen LogP contribution < -0.4 is 11.1 Å². The Morgan fingerprint density at radius 2 is 2.40 bits per heavy atom. The Hall–Kier alpha value is -1.24. The molecule has 0 fully saturated rings. The first-order valence-electron chi connectivity index (χ1n) is 4.54. The lowest BCUT2D eigenvalue weighted by Crippen LogP contribution is -2.27. The first-order valence-corrected chi connectivity index (χ1v) is 5.83. The van der Waals surface area contributed by atoms with Crippen molar-refractivity contribution < 1.29 is 9.42 Å². The third kappa shape index (κ3) is 3.43. The van der Waals surface area contributed by atoms with E-state index in [9.17, 15) is 4.79 Å². The van der Waals surface area contributed by atoms with Crippen LogP contribution in [-0.2, 0) is 0 Å². The van der Waals surface area contributed by atoms with Gasteiger partial charge in [-0.2, -0.15) is 11.8 Å². The molecule has 1 heterocycles. The average Bonchev–Trinajstić information content (AvgIpc) is 2.64. The van der Waals surface area contributed by atoms with E-state index in [1.807, 2.05) is 6.26 Å². The maximum absolute atomic E-state index is 11.4. The molecular weight excluding hydrogens is 216 g/mol. The quantitative estimate of drug-likeness (QED) is 0.766. The lowest BCUT2D eigenvalue weighted by atomic mass is 10.3. The number of amides is 1. The van der Waals surface area contributed by atoms with Gasteiger partial charge in [0.15, 0.2) is 0 Å². The van der Waals surface area contributed by atoms with Crippen LogP contribution >= 0.6 is 11.8 Å². The van der Waals surface area contributed by atoms with Crippen LogP contribution in [0, 0.1) is 0 Å². The Morgan fingerprint density at radius 3 is 2.93 bits per heavy atom. The fourth-order valence-electron chi connectivity index (χ4n) is 0.944. The van der Waals surface area contributed by atoms with Crippen molar-refractivity contribution in [1.29, 1.82) is 0 Å². The molecule has 0 radical (unpaired) electrons. The smallest absolute Gasteiger partial charge is 0.277 e. The number of carbonyl (C=O) groups excluding carboxylic acids is 1. The fourth-order valence-corrected chi connectivity index (χ4v) is 1.30. The number of aromatic nitrogens is 2. The van der Waals surface area contributed by atoms with E-state index < -0.39 is 0 Å². The number of nitrogens with one attached hydrogen (secondary N) is 1. The molecule has 1 amide bonds. The van der Waals surface area contributed by atoms with E-state index in [4.69, 9.17) is 5.73 Å². The maximum Gasteiger partial charge on any atom is 0.277 e. The molecule has 0 aliphatic carbocycles. The summed E-state index contributed by atoms with van der Waals surface area (Å²) >= 11 is 1.75. The number of carbonyl (C=O) groups is 1. The largest absolute Gasteiger partial charge is 0.379 e. The topological polar surface area (TPSA) is 94.0 Å². The van der Waals surface area contributed by atoms with Gasteiger partial charge in [-0.05, 0) is 23.0 Å². The summed E-state index contributed by atoms with van der Waals surface area (Å²) in [4.78, 5) is 11.4. The second kappa shape index (κ2) is 5.59. The molecule has 0 aromatic carbocycles. The molecule has 7 heteroatoms. The summed E-state index contributed by atoms with van der Waals surface area (Å²) in [6.45, 7) is 2.69. The van der Waals surface area contributed by atoms with E-state index in [-0.39, 0.29) is 17.4 Å². The number of hydrogen-bond donors (Lipinski definition) is 2. The molecule has 3 N–H and O–H groups in total. The van der Waals surface area contributed by atoms with E-state index in [2.05, 4.69) is 27.2 Å². The van der Waals surface area contributed by atoms with Gasteiger partial charge in [-0.3, -0.25) is 4.79 Å². The molecule has 6 nitrogen and oxygen atoms in total. The molecule has 84 valence electrons. The number of nitrogens with two attached hydrogens (primary N) is 1. The minimum atomic E-state index is -0.345. The predicted molar refractivity (Wildman–Crippen MR) is 58.6 cm³/mol. The number of anilines is 1. The van der Waals surface area contributed by atoms with Crippen molar-refractivity contribution in [2.45, 2.75) is 18.6 Å². The molecule has 0 saturated carbocycles. The molecule has 1 aromatic rings. The third-order valence-electron chi connectivity index (χ3n) is 1.97. The zero-order valence-electron chi connectivity index (χ0n) is 8.69. The maximum atomic E-state index is 11.4. The number of nitrogens with zero attached hydrogens (tertiary/aromatic N) is 2. The van der Waals surface area contributed by atoms with Gasteiger partial charge in [0.1, 0.15) is 0 Å². The number of nitrogen functional groups attached to an aromatic ring is 1. The van der Waals surface area contributed by atoms with E-state index in [1.165, 1.54) is 0 Å². The van der Waals surface area contributed by atoms with E-state index in [1.54, 1.807) is 11.8 Å². The Morgan fingerprint density at radius 1 is 1.67 bits per heavy atom. The zero-order chi connectivity index (χ0) is 11.3. The van der Waals surface area contributed by atoms with Crippen molar-refractivity contribution in [2.24, 2.45) is 0 Å². The van der Waals surface area contributed by atoms with E-state index in [0.717, 1.165) is 6.42 Å². The Bertz CT molecular complexity index is 328. The third-order valence-corrected chi connectivity index (χ3v) is 3.01. The van der Waals surface area contributed by atoms with Crippen LogP contribution in [-0.4, -0.2) is 34.3 Å². The van der Waals surface area contributed by atoms with Gasteiger partial charge in [0, 0.05) is 11.8 Å². The lowest BCUT2D eigenvalue weighted by molar-refractivity contribution is 0.0944. The molecule has 1 unspecified atom stereocenters. The Labute approximate surface area is 91.9 Å². The van der Waals surface area contributed by atoms with Crippen LogP contribution in [0.1, 0.15) is 23.8 Å². The van der Waals surface area contributed by atoms with Gasteiger partial charge < -0.3 is 11.1 Å². The van der Waals surface area contributed by atoms with Crippen molar-refractivity contribution >= 4 is 23.5 Å². The second-order valence-corrected chi connectivity index (χ2v) is 4.37. The lowest BCUT2D eigenvalue weighted by Gasteiger charge is -2.07. The van der Waals surface area contributed by atoms with Crippen molar-refractivity contribution in [3.05, 3.63) is 5.69 Å². The summed E-state index contributed by atoms with van der Waals surface area (Å²) in [5, 5.41) is 9.94. The second-order valence-electron chi connectivity index (χ2n) is 3.09. The van der Waals surface area contributed by atoms with Crippen LogP contribution in [0.5, 0.6) is 0 Å². The van der Waals surface area contributed by atoms with Crippen molar-refractivity contribution in [1.82, 2.24) is 15.6 Å². The first-order chi connectivity index (χ1) is 7.15. The van der Waals surface area contributed by atoms with Gasteiger partial charge in [-0.1, -0.05) is 6.92 Å². The molecule has 1 rings (SSSR count). The van der Waals surface area contributed by atoms with Gasteiger partial charge in [-0.15, -0.1) is 0 Å². The van der Waals surface area contributed by atoms with Crippen LogP contribution in [0.25, 0.3) is 0 Å². The molecule has 0 aliphatic rings. The minimum Gasteiger partial charge on any atom is -0.379 e. The van der Waals surface area contributed by atoms with Crippen molar-refractivity contribution in [3.8, 4) is 0 Å². The number of rotatable bonds is 5. The molecule has 0 saturated heterocycles. The standard InChI is InChI=1S/C8H14N4O2S/c1-5(15-2)3-4-10-8(13)6-7(9)12-14-11-6/h5H,3-4H2,1-2H3,(H2,9,12)(H,10,13). The summed E-state index contributed by atoms with van der Waals surface area (Å²) in [5.74, 6) is -0.326. The molecule has 15 heavy (non-hydrogen) atoms. The van der Waals surface area contributed by atoms with Crippen molar-refractivity contribution in [2.75, 3.05) is 18.5 Å². The van der Waals surface area contributed by atoms with Gasteiger partial charge in [0.25, 0.3) is 5.91 Å². The van der Waals surface area contributed by atoms with Gasteiger partial charge >= 0.3 is 0 Å². The highest BCUT2D eigenvalue weighted by molar-refractivity contribution is 7.99. The highest BCUT2D eigenvalue weighted by atomic mass is 32.2. The summed E-state index contributed by atoms with van der Waals surface area (Å²) in [6, 6.07) is 0. The fraction of sp³-hybridized carbons (Fsp3) is 0.625. The molecule has 0 bridgehead atoms. The highest BCUT2D eigenvalue weighted by Gasteiger charge is 2.15. The summed E-state index contributed by atoms with van der Waals surface area (Å²) in [5.41, 5.74) is 5.41. The normalized spacial score (nSPS) is 12.4. The minimum absolute atomic E-state index is 0.0189. The monoisotopic (exact) mass is 230 g/mol. The van der Waals surface area contributed by atoms with Crippen LogP contribution in [0.4, 0.5) is 5.82 Å². The summed E-state index contributed by atoms with van der Waals surface area (Å²) in [7, 11) is 0. The van der Waals surface area contributed by atoms with Gasteiger partial charge in [0.05, 0.1) is 0 Å². The van der Waals surface area contributed by atoms with E-state index in [0.29, 0.717) is 11.8 Å². The molecule has 0 aliphatic heterocycles. The Kier molecular flexibility index (Phi) is 4.41. The molecule has 1 atom stereocenters. The average molecular weight is 230 g/mol. The molecule has 0 spiro atoms. The molecule has 1 aromatic heterocycles. The highest BCUT2D eigenvalue weighted by Crippen LogP contribution is 2.08. The van der Waals surface area contributed by atoms with Crippen LogP contribution in [0.3, 0.4) is 0 Å². The van der Waals surface area contributed by atoms with Crippen molar-refractivity contribution in [3.63, 3.8) is 0 Å². The van der Waals surface area contributed by atoms with Crippen LogP contribution in [0.15, 0.2) is 4.63 Å². The Balaban J connectivity index is 2.34. The summed E-state index contributed by atoms with van der Waals surface area (Å²) < 4.78 is 4.33. The first kappa shape index (κ1) is 11.8. The SMILES string of the molecule is CSC(C)CCNC(=O)c1nonc1N. The van der Waals surface area contributed by atoms with Gasteiger partial charge in [0.2, 0.25) is 11.5 Å². The number of thioether (sulfide) groups is 1. The molecular formula is C8H14N4O2S. The van der Waals surface area contributed by atoms with E-state index >= 15 is 0 Å². The van der Waals surface area contributed by atoms with Gasteiger partial charge in [-0.25, -0.2) is 4.63 Å². The summed E-state index contributed by atoms with van der Waals surface area (Å²) in [6.07, 6.45) is 2.93. The number of hydrogen-bond acceptors (Lipinski definition) is 6.